The maximum absolute atomic E-state index is 14.1. The molecule has 3 aromatic rings. The highest BCUT2D eigenvalue weighted by Gasteiger charge is 2.23. The lowest BCUT2D eigenvalue weighted by Crippen LogP contribution is -2.31. The number of nitrogens with two attached hydrogens (primary N) is 2. The number of hydrogen-bond donors (Lipinski definition) is 8. The highest BCUT2D eigenvalue weighted by molar-refractivity contribution is 5.97. The largest absolute Gasteiger partial charge is 0.507 e. The molecule has 0 radical (unpaired) electrons. The lowest BCUT2D eigenvalue weighted by Gasteiger charge is -2.18. The minimum Gasteiger partial charge on any atom is -0.507 e. The van der Waals surface area contributed by atoms with Crippen LogP contribution in [0.4, 0.5) is 0 Å². The number of fused-ring (bicyclic) bond motifs is 2. The van der Waals surface area contributed by atoms with Gasteiger partial charge in [0.1, 0.15) is 33.8 Å². The number of benzene rings is 2. The molecule has 1 aromatic heterocycles. The van der Waals surface area contributed by atoms with Crippen LogP contribution in [0, 0.1) is 10.8 Å². The first kappa shape index (κ1) is 32.8. The van der Waals surface area contributed by atoms with E-state index in [4.69, 9.17) is 36.2 Å². The second-order valence-electron chi connectivity index (χ2n) is 10.2. The third-order valence-electron chi connectivity index (χ3n) is 6.69. The SMILES string of the molecule is C/C=C\Cc1c(OCCCNC(=N)N)cc2oc3cc(OCCCNC(=N)N)c(CO)c(CC=C(C)C)c3c(=O)c2c1O. The number of aliphatic hydroxyl groups excluding tert-OH is 1. The number of nitrogens with one attached hydrogen (secondary N) is 4. The molecular weight excluding hydrogens is 552 g/mol. The monoisotopic (exact) mass is 594 g/mol. The van der Waals surface area contributed by atoms with Crippen molar-refractivity contribution in [3.05, 3.63) is 62.8 Å². The maximum Gasteiger partial charge on any atom is 0.204 e. The van der Waals surface area contributed by atoms with Gasteiger partial charge in [-0.25, -0.2) is 0 Å². The predicted molar refractivity (Wildman–Crippen MR) is 169 cm³/mol. The highest BCUT2D eigenvalue weighted by atomic mass is 16.5. The van der Waals surface area contributed by atoms with Crippen molar-refractivity contribution in [3.8, 4) is 17.2 Å². The summed E-state index contributed by atoms with van der Waals surface area (Å²) in [7, 11) is 0. The Labute approximate surface area is 250 Å². The quantitative estimate of drug-likeness (QED) is 0.0423. The molecule has 0 atom stereocenters. The summed E-state index contributed by atoms with van der Waals surface area (Å²) in [5, 5.41) is 42.1. The lowest BCUT2D eigenvalue weighted by molar-refractivity contribution is 0.260. The Morgan fingerprint density at radius 1 is 0.930 bits per heavy atom. The zero-order valence-electron chi connectivity index (χ0n) is 24.9. The van der Waals surface area contributed by atoms with Gasteiger partial charge in [0, 0.05) is 36.3 Å². The van der Waals surface area contributed by atoms with Gasteiger partial charge in [-0.15, -0.1) is 0 Å². The van der Waals surface area contributed by atoms with E-state index in [2.05, 4.69) is 10.6 Å². The molecule has 0 amide bonds. The summed E-state index contributed by atoms with van der Waals surface area (Å²) >= 11 is 0. The minimum atomic E-state index is -0.420. The van der Waals surface area contributed by atoms with Crippen LogP contribution < -0.4 is 37.0 Å². The van der Waals surface area contributed by atoms with Crippen LogP contribution in [0.2, 0.25) is 0 Å². The van der Waals surface area contributed by atoms with Crippen molar-refractivity contribution in [1.82, 2.24) is 10.6 Å². The van der Waals surface area contributed by atoms with Crippen molar-refractivity contribution in [3.63, 3.8) is 0 Å². The van der Waals surface area contributed by atoms with Crippen LogP contribution in [0.5, 0.6) is 17.2 Å². The fraction of sp³-hybridized carbons (Fsp3) is 0.387. The molecule has 0 spiro atoms. The van der Waals surface area contributed by atoms with E-state index < -0.39 is 5.43 Å². The maximum atomic E-state index is 14.1. The van der Waals surface area contributed by atoms with Gasteiger partial charge < -0.3 is 46.2 Å². The molecule has 0 bridgehead atoms. The molecule has 10 N–H and O–H groups in total. The van der Waals surface area contributed by atoms with E-state index in [1.165, 1.54) is 0 Å². The van der Waals surface area contributed by atoms with Crippen LogP contribution in [0.25, 0.3) is 21.9 Å². The number of hydrogen-bond acceptors (Lipinski definition) is 8. The zero-order chi connectivity index (χ0) is 31.5. The normalized spacial score (nSPS) is 11.2. The first-order chi connectivity index (χ1) is 20.6. The van der Waals surface area contributed by atoms with Crippen LogP contribution in [0.3, 0.4) is 0 Å². The van der Waals surface area contributed by atoms with Crippen molar-refractivity contribution in [2.75, 3.05) is 26.3 Å². The van der Waals surface area contributed by atoms with E-state index in [0.29, 0.717) is 67.0 Å². The number of guanidine groups is 2. The smallest absolute Gasteiger partial charge is 0.204 e. The van der Waals surface area contributed by atoms with Crippen molar-refractivity contribution < 1.29 is 24.1 Å². The van der Waals surface area contributed by atoms with Crippen LogP contribution >= 0.6 is 0 Å². The van der Waals surface area contributed by atoms with Crippen molar-refractivity contribution >= 4 is 33.9 Å². The Bertz CT molecular complexity index is 1590. The topological polar surface area (TPSA) is 213 Å². The fourth-order valence-electron chi connectivity index (χ4n) is 4.61. The van der Waals surface area contributed by atoms with E-state index in [1.807, 2.05) is 39.0 Å². The Balaban J connectivity index is 2.19. The van der Waals surface area contributed by atoms with Gasteiger partial charge in [-0.3, -0.25) is 15.6 Å². The highest BCUT2D eigenvalue weighted by Crippen LogP contribution is 2.39. The molecule has 1 heterocycles. The van der Waals surface area contributed by atoms with Gasteiger partial charge in [-0.1, -0.05) is 23.8 Å². The number of ether oxygens (including phenoxy) is 2. The Morgan fingerprint density at radius 2 is 1.49 bits per heavy atom. The number of rotatable bonds is 15. The number of phenols is 1. The second kappa shape index (κ2) is 15.5. The first-order valence-corrected chi connectivity index (χ1v) is 14.2. The van der Waals surface area contributed by atoms with Crippen molar-refractivity contribution in [2.24, 2.45) is 11.5 Å². The van der Waals surface area contributed by atoms with Gasteiger partial charge >= 0.3 is 0 Å². The lowest BCUT2D eigenvalue weighted by atomic mass is 9.95. The first-order valence-electron chi connectivity index (χ1n) is 14.2. The predicted octanol–water partition coefficient (Wildman–Crippen LogP) is 3.28. The van der Waals surface area contributed by atoms with Gasteiger partial charge in [0.15, 0.2) is 11.9 Å². The van der Waals surface area contributed by atoms with Gasteiger partial charge in [-0.2, -0.15) is 0 Å². The third kappa shape index (κ3) is 8.41. The molecule has 2 aromatic carbocycles. The Kier molecular flexibility index (Phi) is 11.8. The van der Waals surface area contributed by atoms with E-state index in [9.17, 15) is 15.0 Å². The van der Waals surface area contributed by atoms with Crippen LogP contribution in [-0.4, -0.2) is 48.4 Å². The molecule has 0 saturated carbocycles. The third-order valence-corrected chi connectivity index (χ3v) is 6.69. The molecule has 0 fully saturated rings. The summed E-state index contributed by atoms with van der Waals surface area (Å²) < 4.78 is 18.3. The van der Waals surface area contributed by atoms with E-state index >= 15 is 0 Å². The standard InChI is InChI=1S/C31H42N6O6/c1-4-5-8-20-22(41-13-6-11-36-30(32)33)15-25-27(28(20)39)29(40)26-19(10-9-18(2)3)21(17-38)23(16-24(26)43-25)42-14-7-12-37-31(34)35/h4-5,9,15-16,38-39H,6-8,10-14,17H2,1-3H3,(H4,32,33,36)(H4,34,35,37)/b5-4-. The molecule has 43 heavy (non-hydrogen) atoms. The molecular formula is C31H42N6O6. The molecule has 12 nitrogen and oxygen atoms in total. The molecule has 0 saturated heterocycles. The summed E-state index contributed by atoms with van der Waals surface area (Å²) in [6.45, 7) is 6.79. The number of aliphatic hydroxyl groups is 1. The average molecular weight is 595 g/mol. The van der Waals surface area contributed by atoms with Gasteiger partial charge in [0.05, 0.1) is 25.2 Å². The molecule has 232 valence electrons. The second-order valence-corrected chi connectivity index (χ2v) is 10.2. The molecule has 3 rings (SSSR count). The fourth-order valence-corrected chi connectivity index (χ4v) is 4.61. The Morgan fingerprint density at radius 3 is 2.00 bits per heavy atom. The zero-order valence-corrected chi connectivity index (χ0v) is 24.9. The average Bonchev–Trinajstić information content (AvgIpc) is 2.94. The van der Waals surface area contributed by atoms with E-state index in [1.54, 1.807) is 12.1 Å². The van der Waals surface area contributed by atoms with E-state index in [-0.39, 0.29) is 59.4 Å². The van der Waals surface area contributed by atoms with Gasteiger partial charge in [0.2, 0.25) is 5.43 Å². The van der Waals surface area contributed by atoms with Crippen molar-refractivity contribution in [2.45, 2.75) is 53.1 Å². The molecule has 0 aliphatic carbocycles. The van der Waals surface area contributed by atoms with Gasteiger partial charge in [0.25, 0.3) is 0 Å². The Hall–Kier alpha value is -4.71. The van der Waals surface area contributed by atoms with Crippen molar-refractivity contribution in [1.29, 1.82) is 10.8 Å². The van der Waals surface area contributed by atoms with Crippen LogP contribution in [-0.2, 0) is 19.4 Å². The molecule has 0 aliphatic rings. The van der Waals surface area contributed by atoms with Crippen LogP contribution in [0.15, 0.2) is 45.1 Å². The number of phenolic OH excluding ortho intramolecular Hbond substituents is 1. The van der Waals surface area contributed by atoms with Gasteiger partial charge in [-0.05, 0) is 52.0 Å². The summed E-state index contributed by atoms with van der Waals surface area (Å²) in [6.07, 6.45) is 7.41. The number of aromatic hydroxyl groups is 1. The summed E-state index contributed by atoms with van der Waals surface area (Å²) in [5.74, 6) is 0.267. The number of allylic oxidation sites excluding steroid dienone is 4. The summed E-state index contributed by atoms with van der Waals surface area (Å²) in [6, 6.07) is 3.20. The van der Waals surface area contributed by atoms with E-state index in [0.717, 1.165) is 5.57 Å². The summed E-state index contributed by atoms with van der Waals surface area (Å²) in [5.41, 5.74) is 13.2. The molecule has 12 heteroatoms. The van der Waals surface area contributed by atoms with Crippen LogP contribution in [0.1, 0.15) is 50.3 Å². The molecule has 0 aliphatic heterocycles. The minimum absolute atomic E-state index is 0.0314. The molecule has 0 unspecified atom stereocenters. The summed E-state index contributed by atoms with van der Waals surface area (Å²) in [4.78, 5) is 14.1.